The first-order valence-corrected chi connectivity index (χ1v) is 24.4. The predicted octanol–water partition coefficient (Wildman–Crippen LogP) is -7.16. The van der Waals surface area contributed by atoms with Crippen molar-refractivity contribution >= 4 is 53.4 Å². The number of nitrogens with zero attached hydrogens (tertiary/aromatic N) is 1. The summed E-state index contributed by atoms with van der Waals surface area (Å²) in [6.45, 7) is 2.43. The smallest absolute Gasteiger partial charge is 0.370 e. The van der Waals surface area contributed by atoms with Gasteiger partial charge in [0.05, 0.1) is 89.0 Å². The van der Waals surface area contributed by atoms with E-state index in [1.165, 1.54) is 4.90 Å². The van der Waals surface area contributed by atoms with Crippen molar-refractivity contribution < 1.29 is 102 Å². The number of nitrogens with one attached hydrogen (secondary N) is 8. The largest absolute Gasteiger partial charge is 0.478 e. The van der Waals surface area contributed by atoms with E-state index in [-0.39, 0.29) is 84.3 Å². The Morgan fingerprint density at radius 1 is 0.692 bits per heavy atom. The van der Waals surface area contributed by atoms with Gasteiger partial charge in [0.2, 0.25) is 41.1 Å². The normalized spacial score (nSPS) is 21.1. The van der Waals surface area contributed by atoms with Crippen molar-refractivity contribution in [1.82, 2.24) is 36.8 Å². The van der Waals surface area contributed by atoms with Gasteiger partial charge in [-0.25, -0.2) is 9.59 Å². The molecule has 18 N–H and O–H groups in total. The molecule has 0 aliphatic carbocycles. The lowest BCUT2D eigenvalue weighted by molar-refractivity contribution is -0.159. The van der Waals surface area contributed by atoms with Crippen LogP contribution in [0.4, 0.5) is 0 Å². The number of carbonyl (C=O) groups is 7. The van der Waals surface area contributed by atoms with Gasteiger partial charge < -0.3 is 117 Å². The molecular weight excluding hydrogens is 1040 g/mol. The zero-order valence-corrected chi connectivity index (χ0v) is 43.7. The van der Waals surface area contributed by atoms with Gasteiger partial charge in [0.15, 0.2) is 24.1 Å². The number of aliphatic hydroxyl groups excluding tert-OH is 4. The number of rotatable bonds is 37. The Hall–Kier alpha value is -6.93. The summed E-state index contributed by atoms with van der Waals surface area (Å²) in [7, 11) is 0. The predicted molar refractivity (Wildman–Crippen MR) is 268 cm³/mol. The number of amides is 5. The van der Waals surface area contributed by atoms with Crippen LogP contribution in [0, 0.1) is 23.2 Å². The molecule has 0 aromatic heterocycles. The molecule has 2 aliphatic heterocycles. The summed E-state index contributed by atoms with van der Waals surface area (Å²) >= 11 is 0. The molecule has 32 nitrogen and oxygen atoms in total. The van der Waals surface area contributed by atoms with Crippen molar-refractivity contribution in [2.24, 2.45) is 11.5 Å². The van der Waals surface area contributed by atoms with E-state index in [9.17, 15) is 64.2 Å². The van der Waals surface area contributed by atoms with Gasteiger partial charge in [-0.3, -0.25) is 34.8 Å². The van der Waals surface area contributed by atoms with Gasteiger partial charge in [-0.2, -0.15) is 0 Å². The molecule has 0 aromatic carbocycles. The molecule has 32 heteroatoms. The molecule has 2 unspecified atom stereocenters. The highest BCUT2D eigenvalue weighted by atomic mass is 16.6. The van der Waals surface area contributed by atoms with Gasteiger partial charge >= 0.3 is 11.9 Å². The van der Waals surface area contributed by atoms with E-state index in [0.29, 0.717) is 0 Å². The molecule has 0 bridgehead atoms. The van der Waals surface area contributed by atoms with Crippen molar-refractivity contribution in [2.75, 3.05) is 92.2 Å². The number of carboxylic acids is 2. The maximum atomic E-state index is 13.5. The molecule has 0 saturated heterocycles. The summed E-state index contributed by atoms with van der Waals surface area (Å²) in [6, 6.07) is -4.74. The zero-order chi connectivity index (χ0) is 58.5. The number of nitrogens with two attached hydrogens (primary N) is 2. The van der Waals surface area contributed by atoms with Gasteiger partial charge in [-0.05, 0) is 26.0 Å². The van der Waals surface area contributed by atoms with Gasteiger partial charge in [0.25, 0.3) is 0 Å². The van der Waals surface area contributed by atoms with Gasteiger partial charge in [-0.15, -0.1) is 6.42 Å². The van der Waals surface area contributed by atoms with Crippen LogP contribution in [0.2, 0.25) is 0 Å². The zero-order valence-electron chi connectivity index (χ0n) is 43.7. The molecule has 0 spiro atoms. The van der Waals surface area contributed by atoms with Crippen molar-refractivity contribution in [3.63, 3.8) is 0 Å². The quantitative estimate of drug-likeness (QED) is 0.0119. The lowest BCUT2D eigenvalue weighted by Gasteiger charge is -2.41. The van der Waals surface area contributed by atoms with Gasteiger partial charge in [0, 0.05) is 40.0 Å². The first-order chi connectivity index (χ1) is 36.9. The monoisotopic (exact) mass is 1120 g/mol. The third kappa shape index (κ3) is 24.6. The van der Waals surface area contributed by atoms with Crippen LogP contribution in [0.25, 0.3) is 0 Å². The number of aliphatic hydroxyl groups is 4. The van der Waals surface area contributed by atoms with E-state index >= 15 is 0 Å². The average Bonchev–Trinajstić information content (AvgIpc) is 3.36. The third-order valence-electron chi connectivity index (χ3n) is 11.1. The molecule has 2 heterocycles. The molecule has 2 rings (SSSR count). The summed E-state index contributed by atoms with van der Waals surface area (Å²) in [4.78, 5) is 88.7. The topological polar surface area (TPSA) is 490 Å². The van der Waals surface area contributed by atoms with Gasteiger partial charge in [0.1, 0.15) is 44.2 Å². The fraction of sp³-hybridized carbons (Fsp3) is 0.674. The number of guanidine groups is 2. The van der Waals surface area contributed by atoms with Crippen molar-refractivity contribution in [2.45, 2.75) is 107 Å². The molecule has 0 fully saturated rings. The number of carbonyl (C=O) groups excluding carboxylic acids is 5. The van der Waals surface area contributed by atoms with Crippen LogP contribution in [0.1, 0.15) is 34.1 Å². The van der Waals surface area contributed by atoms with Crippen LogP contribution in [-0.4, -0.2) is 254 Å². The van der Waals surface area contributed by atoms with E-state index in [0.717, 1.165) is 26.0 Å². The summed E-state index contributed by atoms with van der Waals surface area (Å²) in [5.74, 6) is -6.25. The Labute approximate surface area is 449 Å². The molecule has 0 saturated carbocycles. The number of aliphatic carboxylic acids is 2. The van der Waals surface area contributed by atoms with Crippen LogP contribution in [0.5, 0.6) is 0 Å². The third-order valence-corrected chi connectivity index (χ3v) is 11.1. The minimum atomic E-state index is -1.75. The molecule has 2 aliphatic rings. The maximum Gasteiger partial charge on any atom is 0.370 e. The van der Waals surface area contributed by atoms with E-state index in [1.54, 1.807) is 13.8 Å². The van der Waals surface area contributed by atoms with Crippen molar-refractivity contribution in [1.29, 1.82) is 10.8 Å². The van der Waals surface area contributed by atoms with Crippen molar-refractivity contribution in [3.8, 4) is 12.3 Å². The molecule has 78 heavy (non-hydrogen) atoms. The Kier molecular flexibility index (Phi) is 30.6. The summed E-state index contributed by atoms with van der Waals surface area (Å²) in [6.07, 6.45) is -3.37. The summed E-state index contributed by atoms with van der Waals surface area (Å²) < 4.78 is 44.9. The lowest BCUT2D eigenvalue weighted by atomic mass is 9.91. The van der Waals surface area contributed by atoms with E-state index in [2.05, 4.69) is 37.8 Å². The highest BCUT2D eigenvalue weighted by Gasteiger charge is 2.47. The second-order valence-electron chi connectivity index (χ2n) is 17.5. The highest BCUT2D eigenvalue weighted by Crippen LogP contribution is 2.27. The number of terminal acetylenes is 1. The highest BCUT2D eigenvalue weighted by molar-refractivity contribution is 5.86. The van der Waals surface area contributed by atoms with Gasteiger partial charge in [-0.1, -0.05) is 5.92 Å². The first kappa shape index (κ1) is 67.2. The summed E-state index contributed by atoms with van der Waals surface area (Å²) in [5.41, 5.74) is 11.0. The molecule has 12 atom stereocenters. The van der Waals surface area contributed by atoms with E-state index < -0.39 is 152 Å². The molecule has 0 radical (unpaired) electrons. The Morgan fingerprint density at radius 2 is 1.12 bits per heavy atom. The number of ether oxygens (including phenoxy) is 8. The number of carboxylic acid groups (broad SMARTS) is 2. The fourth-order valence-electron chi connectivity index (χ4n) is 7.60. The first-order valence-electron chi connectivity index (χ1n) is 24.4. The molecular formula is C46H75N11O21. The van der Waals surface area contributed by atoms with Crippen molar-refractivity contribution in [3.05, 3.63) is 23.7 Å². The summed E-state index contributed by atoms with van der Waals surface area (Å²) in [5, 5.41) is 90.7. The molecule has 5 amide bonds. The Morgan fingerprint density at radius 3 is 1.47 bits per heavy atom. The maximum absolute atomic E-state index is 13.5. The van der Waals surface area contributed by atoms with Crippen LogP contribution >= 0.6 is 0 Å². The second-order valence-corrected chi connectivity index (χ2v) is 17.5. The number of hydrogen-bond donors (Lipinski definition) is 16. The SMILES string of the molecule is C#CCOC(C)COC(C)CC(=O)N(CCOCCNC(=O)CO[C@@H]([C@@H]1OC(C(=O)O)=C[C@H](NC(=N)N)[C@H]1NC(C)=O)[C@H](O)CO)CCOCCNC(=O)CO[C@@H]([C@@H]1OC(C(=O)O)=C[C@H](NC(=N)N)[C@H]1NC(C)=O)[C@H](O)CO. The minimum Gasteiger partial charge on any atom is -0.478 e. The van der Waals surface area contributed by atoms with E-state index in [1.807, 2.05) is 0 Å². The van der Waals surface area contributed by atoms with Crippen LogP contribution in [-0.2, 0) is 71.5 Å². The molecule has 440 valence electrons. The molecule has 0 aromatic rings. The Bertz CT molecular complexity index is 1990. The van der Waals surface area contributed by atoms with Crippen LogP contribution < -0.4 is 43.4 Å². The lowest BCUT2D eigenvalue weighted by Crippen LogP contribution is -2.64. The average molecular weight is 1120 g/mol. The van der Waals surface area contributed by atoms with E-state index in [4.69, 9.17) is 66.6 Å². The number of hydrogen-bond acceptors (Lipinski definition) is 21. The van der Waals surface area contributed by atoms with Crippen LogP contribution in [0.15, 0.2) is 23.7 Å². The fourth-order valence-corrected chi connectivity index (χ4v) is 7.60. The second kappa shape index (κ2) is 35.5. The minimum absolute atomic E-state index is 0.0190. The standard InChI is InChI=1S/C46H75N11O21/c1-6-11-73-25(3)21-74-24(2)16-36(66)57(9-14-71-12-7-51-34(64)22-75-39(30(62)19-58)41-37(53-26(4)60)28(55-45(47)48)17-32(77-41)43(67)68)10-15-72-13-8-52-35(65)23-76-40(31(63)20-59)42-38(54-27(5)61)29(56-46(49)50)18-33(78-42)44(69)70/h1,17-18,24-25,28-31,37-42,58-59,62-63H,7-16,19-23H2,2-5H3,(H,51,64)(H,52,65)(H,53,60)(H,54,61)(H,67,68)(H,69,70)(H4,47,48,55)(H4,49,50,56)/t24?,25?,28-,29-,30+,31+,37+,38+,39+,40+,41+,42+/m0/s1. The Balaban J connectivity index is 2.01. The van der Waals surface area contributed by atoms with Crippen LogP contribution in [0.3, 0.4) is 0 Å².